The summed E-state index contributed by atoms with van der Waals surface area (Å²) in [5.41, 5.74) is -0.193. The molecule has 30 heavy (non-hydrogen) atoms. The van der Waals surface area contributed by atoms with Gasteiger partial charge in [0.05, 0.1) is 11.7 Å². The Kier molecular flexibility index (Phi) is 6.20. The minimum Gasteiger partial charge on any atom is -0.360 e. The topological polar surface area (TPSA) is 95.8 Å². The third-order valence-corrected chi connectivity index (χ3v) is 7.20. The lowest BCUT2D eigenvalue weighted by Gasteiger charge is -2.36. The van der Waals surface area contributed by atoms with Crippen LogP contribution in [0.5, 0.6) is 0 Å². The number of hydrogen-bond donors (Lipinski definition) is 1. The molecule has 1 atom stereocenters. The van der Waals surface area contributed by atoms with Gasteiger partial charge >= 0.3 is 0 Å². The predicted molar refractivity (Wildman–Crippen MR) is 101 cm³/mol. The van der Waals surface area contributed by atoms with Crippen molar-refractivity contribution in [3.8, 4) is 0 Å². The zero-order chi connectivity index (χ0) is 22.2. The van der Waals surface area contributed by atoms with E-state index < -0.39 is 45.1 Å². The highest BCUT2D eigenvalue weighted by molar-refractivity contribution is 7.89. The minimum atomic E-state index is -3.79. The molecule has 0 saturated carbocycles. The molecule has 164 valence electrons. The number of aromatic nitrogens is 1. The molecule has 0 bridgehead atoms. The summed E-state index contributed by atoms with van der Waals surface area (Å²) >= 11 is 0. The van der Waals surface area contributed by atoms with E-state index in [4.69, 9.17) is 4.52 Å². The van der Waals surface area contributed by atoms with Crippen LogP contribution < -0.4 is 5.32 Å². The van der Waals surface area contributed by atoms with Crippen molar-refractivity contribution < 1.29 is 30.9 Å². The number of anilines is 1. The number of hydrogen-bond acceptors (Lipinski definition) is 6. The Morgan fingerprint density at radius 2 is 1.77 bits per heavy atom. The normalized spacial score (nSPS) is 17.1. The number of carbonyl (C=O) groups is 1. The highest BCUT2D eigenvalue weighted by Crippen LogP contribution is 2.25. The first-order valence-electron chi connectivity index (χ1n) is 9.15. The van der Waals surface area contributed by atoms with Gasteiger partial charge in [0.1, 0.15) is 10.6 Å². The molecule has 1 aromatic carbocycles. The summed E-state index contributed by atoms with van der Waals surface area (Å²) in [4.78, 5) is 14.2. The van der Waals surface area contributed by atoms with Crippen molar-refractivity contribution in [1.29, 1.82) is 0 Å². The molecule has 1 fully saturated rings. The molecule has 1 N–H and O–H groups in total. The molecule has 1 amide bonds. The van der Waals surface area contributed by atoms with Crippen LogP contribution in [0, 0.1) is 31.3 Å². The summed E-state index contributed by atoms with van der Waals surface area (Å²) in [6.45, 7) is 5.38. The van der Waals surface area contributed by atoms with E-state index in [2.05, 4.69) is 10.5 Å². The van der Waals surface area contributed by atoms with Gasteiger partial charge in [-0.1, -0.05) is 5.16 Å². The second kappa shape index (κ2) is 8.36. The second-order valence-corrected chi connectivity index (χ2v) is 8.86. The maximum atomic E-state index is 13.8. The lowest BCUT2D eigenvalue weighted by Crippen LogP contribution is -2.54. The number of nitrogens with one attached hydrogen (secondary N) is 1. The van der Waals surface area contributed by atoms with Gasteiger partial charge in [0, 0.05) is 26.2 Å². The fourth-order valence-corrected chi connectivity index (χ4v) is 5.04. The Hall–Kier alpha value is -2.44. The molecule has 1 saturated heterocycles. The monoisotopic (exact) mass is 446 g/mol. The minimum absolute atomic E-state index is 0.0375. The molecule has 2 aromatic rings. The van der Waals surface area contributed by atoms with Crippen molar-refractivity contribution in [2.24, 2.45) is 0 Å². The van der Waals surface area contributed by atoms with Gasteiger partial charge in [-0.2, -0.15) is 4.31 Å². The Morgan fingerprint density at radius 3 is 2.33 bits per heavy atom. The fraction of sp³-hybridized carbons (Fsp3) is 0.444. The fourth-order valence-electron chi connectivity index (χ4n) is 3.33. The molecule has 2 heterocycles. The number of aryl methyl sites for hydroxylation is 2. The van der Waals surface area contributed by atoms with Crippen LogP contribution in [-0.2, 0) is 14.8 Å². The van der Waals surface area contributed by atoms with Crippen molar-refractivity contribution in [2.45, 2.75) is 31.7 Å². The zero-order valence-corrected chi connectivity index (χ0v) is 17.4. The molecular weight excluding hydrogens is 425 g/mol. The van der Waals surface area contributed by atoms with E-state index in [0.29, 0.717) is 0 Å². The van der Waals surface area contributed by atoms with Gasteiger partial charge in [-0.05, 0) is 32.9 Å². The highest BCUT2D eigenvalue weighted by Gasteiger charge is 2.35. The standard InChI is InChI=1S/C18H21F3N4O4S/c1-10-17(12(3)29-23-10)30(27,28)25-8-6-24(7-9-25)11(2)18(26)22-14-5-4-13(19)15(20)16(14)21/h4-5,11H,6-9H2,1-3H3,(H,22,26). The van der Waals surface area contributed by atoms with Gasteiger partial charge in [-0.3, -0.25) is 9.69 Å². The number of nitrogens with zero attached hydrogens (tertiary/aromatic N) is 3. The molecule has 1 aromatic heterocycles. The Bertz CT molecular complexity index is 1050. The maximum absolute atomic E-state index is 13.8. The van der Waals surface area contributed by atoms with E-state index in [9.17, 15) is 26.4 Å². The van der Waals surface area contributed by atoms with Crippen LogP contribution in [0.1, 0.15) is 18.4 Å². The Labute approximate surface area is 171 Å². The molecule has 3 rings (SSSR count). The Balaban J connectivity index is 1.65. The van der Waals surface area contributed by atoms with Gasteiger partial charge in [-0.15, -0.1) is 0 Å². The zero-order valence-electron chi connectivity index (χ0n) is 16.6. The van der Waals surface area contributed by atoms with Crippen molar-refractivity contribution in [3.63, 3.8) is 0 Å². The van der Waals surface area contributed by atoms with Crippen LogP contribution >= 0.6 is 0 Å². The van der Waals surface area contributed by atoms with Gasteiger partial charge in [-0.25, -0.2) is 21.6 Å². The molecule has 12 heteroatoms. The lowest BCUT2D eigenvalue weighted by molar-refractivity contribution is -0.121. The quantitative estimate of drug-likeness (QED) is 0.707. The first-order valence-corrected chi connectivity index (χ1v) is 10.6. The number of halogens is 3. The average Bonchev–Trinajstić information content (AvgIpc) is 3.06. The van der Waals surface area contributed by atoms with Gasteiger partial charge < -0.3 is 9.84 Å². The SMILES string of the molecule is Cc1noc(C)c1S(=O)(=O)N1CCN(C(C)C(=O)Nc2ccc(F)c(F)c2F)CC1. The molecular formula is C18H21F3N4O4S. The molecule has 8 nitrogen and oxygen atoms in total. The molecule has 0 radical (unpaired) electrons. The summed E-state index contributed by atoms with van der Waals surface area (Å²) < 4.78 is 72.1. The van der Waals surface area contributed by atoms with Crippen LogP contribution in [0.3, 0.4) is 0 Å². The summed E-state index contributed by atoms with van der Waals surface area (Å²) in [6.07, 6.45) is 0. The lowest BCUT2D eigenvalue weighted by atomic mass is 10.2. The third-order valence-electron chi connectivity index (χ3n) is 5.06. The number of rotatable bonds is 5. The molecule has 0 aliphatic carbocycles. The first-order chi connectivity index (χ1) is 14.0. The van der Waals surface area contributed by atoms with Crippen LogP contribution in [0.25, 0.3) is 0 Å². The first kappa shape index (κ1) is 22.2. The largest absolute Gasteiger partial charge is 0.360 e. The van der Waals surface area contributed by atoms with Crippen LogP contribution in [0.15, 0.2) is 21.6 Å². The molecule has 0 spiro atoms. The summed E-state index contributed by atoms with van der Waals surface area (Å²) in [5.74, 6) is -4.92. The molecule has 1 unspecified atom stereocenters. The number of carbonyl (C=O) groups excluding carboxylic acids is 1. The molecule has 1 aliphatic rings. The van der Waals surface area contributed by atoms with E-state index in [1.807, 2.05) is 0 Å². The average molecular weight is 446 g/mol. The molecule has 1 aliphatic heterocycles. The maximum Gasteiger partial charge on any atom is 0.248 e. The van der Waals surface area contributed by atoms with Crippen molar-refractivity contribution in [2.75, 3.05) is 31.5 Å². The number of benzene rings is 1. The smallest absolute Gasteiger partial charge is 0.248 e. The van der Waals surface area contributed by atoms with Crippen molar-refractivity contribution >= 4 is 21.6 Å². The number of amides is 1. The van der Waals surface area contributed by atoms with Crippen molar-refractivity contribution in [1.82, 2.24) is 14.4 Å². The van der Waals surface area contributed by atoms with E-state index in [-0.39, 0.29) is 42.5 Å². The van der Waals surface area contributed by atoms with Gasteiger partial charge in [0.15, 0.2) is 23.2 Å². The Morgan fingerprint density at radius 1 is 1.13 bits per heavy atom. The second-order valence-electron chi connectivity index (χ2n) is 6.98. The summed E-state index contributed by atoms with van der Waals surface area (Å²) in [7, 11) is -3.79. The highest BCUT2D eigenvalue weighted by atomic mass is 32.2. The van der Waals surface area contributed by atoms with E-state index in [1.54, 1.807) is 18.7 Å². The summed E-state index contributed by atoms with van der Waals surface area (Å²) in [5, 5.41) is 5.92. The third kappa shape index (κ3) is 4.07. The predicted octanol–water partition coefficient (Wildman–Crippen LogP) is 2.04. The van der Waals surface area contributed by atoms with Crippen LogP contribution in [-0.4, -0.2) is 60.9 Å². The van der Waals surface area contributed by atoms with Gasteiger partial charge in [0.2, 0.25) is 15.9 Å². The number of piperazine rings is 1. The van der Waals surface area contributed by atoms with E-state index in [1.165, 1.54) is 11.2 Å². The van der Waals surface area contributed by atoms with E-state index in [0.717, 1.165) is 12.1 Å². The van der Waals surface area contributed by atoms with E-state index >= 15 is 0 Å². The van der Waals surface area contributed by atoms with Gasteiger partial charge in [0.25, 0.3) is 0 Å². The van der Waals surface area contributed by atoms with Crippen LogP contribution in [0.4, 0.5) is 18.9 Å². The van der Waals surface area contributed by atoms with Crippen LogP contribution in [0.2, 0.25) is 0 Å². The number of sulfonamides is 1. The van der Waals surface area contributed by atoms with Crippen molar-refractivity contribution in [3.05, 3.63) is 41.0 Å². The summed E-state index contributed by atoms with van der Waals surface area (Å²) in [6, 6.07) is 0.908.